The molecule has 0 fully saturated rings. The number of benzene rings is 2. The summed E-state index contributed by atoms with van der Waals surface area (Å²) in [5, 5.41) is 12.4. The van der Waals surface area contributed by atoms with Crippen LogP contribution in [0.1, 0.15) is 64.3 Å². The maximum absolute atomic E-state index is 13.8. The Morgan fingerprint density at radius 1 is 1.00 bits per heavy atom. The second-order valence-electron chi connectivity index (χ2n) is 11.0. The average molecular weight is 526 g/mol. The fourth-order valence-electron chi connectivity index (χ4n) is 5.78. The highest BCUT2D eigenvalue weighted by Gasteiger charge is 2.44. The fraction of sp³-hybridized carbons (Fsp3) is 0.364. The first kappa shape index (κ1) is 26.7. The first-order chi connectivity index (χ1) is 18.6. The van der Waals surface area contributed by atoms with Gasteiger partial charge in [-0.1, -0.05) is 37.3 Å². The Balaban J connectivity index is 1.52. The summed E-state index contributed by atoms with van der Waals surface area (Å²) >= 11 is 0. The molecule has 5 rings (SSSR count). The Kier molecular flexibility index (Phi) is 6.83. The second kappa shape index (κ2) is 9.99. The Morgan fingerprint density at radius 2 is 1.69 bits per heavy atom. The van der Waals surface area contributed by atoms with E-state index in [1.54, 1.807) is 0 Å². The minimum absolute atomic E-state index is 0.0591. The van der Waals surface area contributed by atoms with Crippen LogP contribution in [0, 0.1) is 12.3 Å². The number of ketones is 1. The number of ether oxygens (including phenoxy) is 1. The number of aryl methyl sites for hydroxylation is 1. The van der Waals surface area contributed by atoms with Gasteiger partial charge < -0.3 is 14.4 Å². The number of rotatable bonds is 8. The molecule has 1 aliphatic carbocycles. The zero-order chi connectivity index (χ0) is 28.1. The van der Waals surface area contributed by atoms with Gasteiger partial charge in [-0.05, 0) is 46.2 Å². The van der Waals surface area contributed by atoms with Crippen molar-refractivity contribution < 1.29 is 24.0 Å². The van der Waals surface area contributed by atoms with Crippen molar-refractivity contribution in [3.8, 4) is 0 Å². The summed E-state index contributed by atoms with van der Waals surface area (Å²) in [6.45, 7) is 13.6. The molecule has 2 aromatic carbocycles. The van der Waals surface area contributed by atoms with Crippen molar-refractivity contribution in [1.29, 1.82) is 0 Å². The number of para-hydroxylation sites is 2. The predicted octanol–water partition coefficient (Wildman–Crippen LogP) is 6.76. The third kappa shape index (κ3) is 4.13. The molecular formula is C33H37N2O4+. The summed E-state index contributed by atoms with van der Waals surface area (Å²) in [6.07, 6.45) is 1.37. The van der Waals surface area contributed by atoms with Gasteiger partial charge in [-0.2, -0.15) is 4.58 Å². The molecule has 0 spiro atoms. The lowest BCUT2D eigenvalue weighted by atomic mass is 9.78. The van der Waals surface area contributed by atoms with Crippen LogP contribution in [0.4, 0.5) is 5.69 Å². The number of hydrogen-bond acceptors (Lipinski definition) is 4. The molecule has 2 aliphatic rings. The van der Waals surface area contributed by atoms with Crippen LogP contribution in [-0.2, 0) is 20.9 Å². The molecule has 3 aromatic rings. The van der Waals surface area contributed by atoms with E-state index in [0.29, 0.717) is 30.7 Å². The van der Waals surface area contributed by atoms with E-state index in [9.17, 15) is 14.7 Å². The molecule has 0 atom stereocenters. The molecule has 6 heteroatoms. The van der Waals surface area contributed by atoms with Crippen LogP contribution in [0.15, 0.2) is 59.9 Å². The van der Waals surface area contributed by atoms with Crippen molar-refractivity contribution in [2.75, 3.05) is 13.2 Å². The lowest BCUT2D eigenvalue weighted by Crippen LogP contribution is -2.27. The lowest BCUT2D eigenvalue weighted by Gasteiger charge is -2.23. The average Bonchev–Trinajstić information content (AvgIpc) is 3.36. The molecule has 0 saturated carbocycles. The zero-order valence-corrected chi connectivity index (χ0v) is 23.7. The quantitative estimate of drug-likeness (QED) is 0.153. The number of carbonyl (C=O) groups is 2. The van der Waals surface area contributed by atoms with Gasteiger partial charge in [-0.15, -0.1) is 0 Å². The van der Waals surface area contributed by atoms with Crippen molar-refractivity contribution in [2.24, 2.45) is 5.41 Å². The molecule has 0 radical (unpaired) electrons. The molecule has 0 bridgehead atoms. The molecule has 1 N–H and O–H groups in total. The van der Waals surface area contributed by atoms with Crippen LogP contribution in [0.25, 0.3) is 22.0 Å². The normalized spacial score (nSPS) is 17.2. The van der Waals surface area contributed by atoms with Crippen molar-refractivity contribution in [1.82, 2.24) is 4.57 Å². The highest BCUT2D eigenvalue weighted by atomic mass is 16.5. The van der Waals surface area contributed by atoms with E-state index >= 15 is 0 Å². The van der Waals surface area contributed by atoms with Crippen molar-refractivity contribution in [3.63, 3.8) is 0 Å². The topological polar surface area (TPSA) is 71.5 Å². The third-order valence-corrected chi connectivity index (χ3v) is 8.40. The van der Waals surface area contributed by atoms with Crippen LogP contribution in [0.3, 0.4) is 0 Å². The van der Waals surface area contributed by atoms with Crippen LogP contribution < -0.4 is 0 Å². The zero-order valence-electron chi connectivity index (χ0n) is 23.7. The Labute approximate surface area is 229 Å². The largest absolute Gasteiger partial charge is 0.506 e. The molecule has 0 amide bonds. The number of esters is 1. The second-order valence-corrected chi connectivity index (χ2v) is 11.0. The third-order valence-electron chi connectivity index (χ3n) is 8.40. The maximum Gasteiger partial charge on any atom is 0.311 e. The number of carbonyl (C=O) groups excluding carboxylic acids is 2. The van der Waals surface area contributed by atoms with Gasteiger partial charge in [-0.25, -0.2) is 0 Å². The fourth-order valence-corrected chi connectivity index (χ4v) is 5.78. The Hall–Kier alpha value is -3.93. The number of nitrogens with zero attached hydrogens (tertiary/aromatic N) is 2. The highest BCUT2D eigenvalue weighted by Crippen LogP contribution is 2.47. The first-order valence-electron chi connectivity index (χ1n) is 13.8. The van der Waals surface area contributed by atoms with E-state index in [2.05, 4.69) is 22.1 Å². The van der Waals surface area contributed by atoms with E-state index in [1.165, 1.54) is 0 Å². The standard InChI is InChI=1S/C33H36N2O4/c1-7-33(5,6)32(38)39-19-13-18-35-21(4)27(23-15-10-12-17-25(23)35)29-30(36)28(31(29)37)26-20(3)34(8-2)24-16-11-9-14-22(24)26/h9-12,14-17H,7-8,13,18-19H2,1-6H3/p+1. The number of fused-ring (bicyclic) bond motifs is 2. The number of aromatic nitrogens is 1. The summed E-state index contributed by atoms with van der Waals surface area (Å²) in [6, 6.07) is 16.0. The molecule has 0 saturated heterocycles. The van der Waals surface area contributed by atoms with Crippen molar-refractivity contribution in [2.45, 2.75) is 60.9 Å². The molecule has 1 aromatic heterocycles. The van der Waals surface area contributed by atoms with E-state index in [4.69, 9.17) is 4.74 Å². The number of aliphatic hydroxyl groups is 1. The van der Waals surface area contributed by atoms with Crippen LogP contribution in [0.5, 0.6) is 0 Å². The maximum atomic E-state index is 13.8. The van der Waals surface area contributed by atoms with Crippen molar-refractivity contribution >= 4 is 45.2 Å². The molecule has 1 aliphatic heterocycles. The molecule has 2 heterocycles. The van der Waals surface area contributed by atoms with E-state index in [1.807, 2.05) is 77.1 Å². The molecular weight excluding hydrogens is 488 g/mol. The number of aliphatic hydroxyl groups excluding tert-OH is 1. The SMILES string of the molecule is CCn1c(C)c(C2=C(O)C(=C3C(C)=[N+](CCCOC(=O)C(C)(C)CC)c4ccccc43)C2=O)c2ccccc21. The molecule has 202 valence electrons. The monoisotopic (exact) mass is 525 g/mol. The first-order valence-corrected chi connectivity index (χ1v) is 13.8. The minimum Gasteiger partial charge on any atom is -0.506 e. The van der Waals surface area contributed by atoms with Gasteiger partial charge in [0.1, 0.15) is 5.76 Å². The predicted molar refractivity (Wildman–Crippen MR) is 155 cm³/mol. The van der Waals surface area contributed by atoms with Gasteiger partial charge in [0.2, 0.25) is 11.5 Å². The molecule has 0 unspecified atom stereocenters. The van der Waals surface area contributed by atoms with Gasteiger partial charge in [0.15, 0.2) is 12.3 Å². The van der Waals surface area contributed by atoms with E-state index in [0.717, 1.165) is 57.7 Å². The summed E-state index contributed by atoms with van der Waals surface area (Å²) < 4.78 is 9.89. The van der Waals surface area contributed by atoms with Crippen LogP contribution in [0.2, 0.25) is 0 Å². The van der Waals surface area contributed by atoms with Gasteiger partial charge in [0.25, 0.3) is 0 Å². The number of Topliss-reactive ketones (excluding diaryl/α,β-unsaturated/α-hetero) is 1. The van der Waals surface area contributed by atoms with Gasteiger partial charge in [0, 0.05) is 48.1 Å². The number of hydrogen-bond donors (Lipinski definition) is 1. The summed E-state index contributed by atoms with van der Waals surface area (Å²) in [4.78, 5) is 26.2. The smallest absolute Gasteiger partial charge is 0.311 e. The molecule has 6 nitrogen and oxygen atoms in total. The van der Waals surface area contributed by atoms with E-state index in [-0.39, 0.29) is 17.5 Å². The molecule has 39 heavy (non-hydrogen) atoms. The number of allylic oxidation sites excluding steroid dienone is 3. The minimum atomic E-state index is -0.492. The van der Waals surface area contributed by atoms with Gasteiger partial charge in [-0.3, -0.25) is 9.59 Å². The van der Waals surface area contributed by atoms with Gasteiger partial charge >= 0.3 is 5.97 Å². The Morgan fingerprint density at radius 3 is 2.38 bits per heavy atom. The van der Waals surface area contributed by atoms with Crippen LogP contribution in [-0.4, -0.2) is 44.9 Å². The van der Waals surface area contributed by atoms with Gasteiger partial charge in [0.05, 0.1) is 34.3 Å². The van der Waals surface area contributed by atoms with Crippen LogP contribution >= 0.6 is 0 Å². The van der Waals surface area contributed by atoms with Crippen molar-refractivity contribution in [3.05, 3.63) is 76.7 Å². The highest BCUT2D eigenvalue weighted by molar-refractivity contribution is 6.47. The van der Waals surface area contributed by atoms with E-state index < -0.39 is 5.41 Å². The summed E-state index contributed by atoms with van der Waals surface area (Å²) in [5.41, 5.74) is 6.75. The lowest BCUT2D eigenvalue weighted by molar-refractivity contribution is -0.438. The summed E-state index contributed by atoms with van der Waals surface area (Å²) in [5.74, 6) is -0.252. The summed E-state index contributed by atoms with van der Waals surface area (Å²) in [7, 11) is 0. The Bertz CT molecular complexity index is 1610.